The number of carbonyl (C=O) groups is 2. The summed E-state index contributed by atoms with van der Waals surface area (Å²) < 4.78 is 7.39. The van der Waals surface area contributed by atoms with Gasteiger partial charge >= 0.3 is 0 Å². The highest BCUT2D eigenvalue weighted by Crippen LogP contribution is 2.39. The molecule has 29 heavy (non-hydrogen) atoms. The highest BCUT2D eigenvalue weighted by Gasteiger charge is 2.37. The second kappa shape index (κ2) is 6.60. The molecule has 5 rings (SSSR count). The minimum Gasteiger partial charge on any atom is -0.453 e. The number of benzene rings is 2. The molecule has 1 N–H and O–H groups in total. The fourth-order valence-electron chi connectivity index (χ4n) is 3.82. The Hall–Kier alpha value is -3.38. The lowest BCUT2D eigenvalue weighted by Crippen LogP contribution is -2.28. The van der Waals surface area contributed by atoms with E-state index in [2.05, 4.69) is 10.4 Å². The predicted molar refractivity (Wildman–Crippen MR) is 110 cm³/mol. The first kappa shape index (κ1) is 17.7. The van der Waals surface area contributed by atoms with Crippen LogP contribution in [0.2, 0.25) is 5.02 Å². The molecule has 7 heteroatoms. The van der Waals surface area contributed by atoms with Crippen LogP contribution in [0.5, 0.6) is 0 Å². The van der Waals surface area contributed by atoms with Gasteiger partial charge in [-0.2, -0.15) is 5.10 Å². The van der Waals surface area contributed by atoms with E-state index in [9.17, 15) is 9.59 Å². The lowest BCUT2D eigenvalue weighted by Gasteiger charge is -2.22. The van der Waals surface area contributed by atoms with Crippen LogP contribution in [0.1, 0.15) is 34.2 Å². The molecule has 1 unspecified atom stereocenters. The fourth-order valence-corrected chi connectivity index (χ4v) is 3.94. The van der Waals surface area contributed by atoms with Crippen molar-refractivity contribution in [2.75, 3.05) is 5.32 Å². The molecule has 2 aromatic heterocycles. The number of hydrogen-bond donors (Lipinski definition) is 1. The van der Waals surface area contributed by atoms with Gasteiger partial charge in [0.2, 0.25) is 11.7 Å². The van der Waals surface area contributed by atoms with Crippen LogP contribution in [0, 0.1) is 6.92 Å². The summed E-state index contributed by atoms with van der Waals surface area (Å²) >= 11 is 5.98. The van der Waals surface area contributed by atoms with E-state index in [0.717, 1.165) is 11.1 Å². The average molecular weight is 406 g/mol. The van der Waals surface area contributed by atoms with Crippen LogP contribution >= 0.6 is 11.6 Å². The topological polar surface area (TPSA) is 77.1 Å². The van der Waals surface area contributed by atoms with E-state index < -0.39 is 5.92 Å². The Labute approximate surface area is 171 Å². The zero-order valence-electron chi connectivity index (χ0n) is 15.5. The third kappa shape index (κ3) is 2.93. The van der Waals surface area contributed by atoms with Crippen LogP contribution < -0.4 is 5.32 Å². The number of para-hydroxylation sites is 1. The molecule has 0 radical (unpaired) electrons. The van der Waals surface area contributed by atoms with Crippen LogP contribution in [0.25, 0.3) is 16.7 Å². The standard InChI is InChI=1S/C22H16ClN3O3/c1-12-20-16(21(28)18-10-13-4-2-3-5-17(13)29-18)11-19(27)24-22(20)26(25-12)15-8-6-14(23)7-9-15/h2-10,16H,11H2,1H3,(H,24,27). The molecule has 0 aliphatic carbocycles. The van der Waals surface area contributed by atoms with Crippen molar-refractivity contribution in [1.82, 2.24) is 9.78 Å². The Morgan fingerprint density at radius 1 is 1.21 bits per heavy atom. The van der Waals surface area contributed by atoms with E-state index in [-0.39, 0.29) is 23.9 Å². The summed E-state index contributed by atoms with van der Waals surface area (Å²) in [6, 6.07) is 16.3. The van der Waals surface area contributed by atoms with Crippen molar-refractivity contribution in [3.63, 3.8) is 0 Å². The Kier molecular flexibility index (Phi) is 4.03. The van der Waals surface area contributed by atoms with Crippen molar-refractivity contribution < 1.29 is 14.0 Å². The molecule has 144 valence electrons. The number of furan rings is 1. The van der Waals surface area contributed by atoms with E-state index in [0.29, 0.717) is 27.7 Å². The van der Waals surface area contributed by atoms with Crippen molar-refractivity contribution in [3.8, 4) is 5.69 Å². The number of fused-ring (bicyclic) bond motifs is 2. The smallest absolute Gasteiger partial charge is 0.226 e. The van der Waals surface area contributed by atoms with Crippen molar-refractivity contribution in [2.24, 2.45) is 0 Å². The number of Topliss-reactive ketones (excluding diaryl/α,β-unsaturated/α-hetero) is 1. The van der Waals surface area contributed by atoms with Gasteiger partial charge in [0.25, 0.3) is 0 Å². The number of aryl methyl sites for hydroxylation is 1. The molecule has 1 amide bonds. The maximum absolute atomic E-state index is 13.3. The van der Waals surface area contributed by atoms with Crippen LogP contribution in [0.3, 0.4) is 0 Å². The van der Waals surface area contributed by atoms with Gasteiger partial charge in [-0.05, 0) is 43.3 Å². The van der Waals surface area contributed by atoms with Crippen molar-refractivity contribution in [3.05, 3.63) is 76.6 Å². The molecular formula is C22H16ClN3O3. The summed E-state index contributed by atoms with van der Waals surface area (Å²) in [4.78, 5) is 25.7. The SMILES string of the molecule is Cc1nn(-c2ccc(Cl)cc2)c2c1C(C(=O)c1cc3ccccc3o1)CC(=O)N2. The monoisotopic (exact) mass is 405 g/mol. The number of aromatic nitrogens is 2. The number of ketones is 1. The quantitative estimate of drug-likeness (QED) is 0.492. The molecule has 1 atom stereocenters. The van der Waals surface area contributed by atoms with Gasteiger partial charge in [-0.25, -0.2) is 4.68 Å². The number of amides is 1. The number of rotatable bonds is 3. The van der Waals surface area contributed by atoms with Gasteiger partial charge in [0, 0.05) is 22.4 Å². The number of hydrogen-bond acceptors (Lipinski definition) is 4. The first-order valence-corrected chi connectivity index (χ1v) is 9.57. The number of nitrogens with zero attached hydrogens (tertiary/aromatic N) is 2. The number of halogens is 1. The number of anilines is 1. The second-order valence-electron chi connectivity index (χ2n) is 7.05. The molecule has 3 heterocycles. The van der Waals surface area contributed by atoms with Gasteiger partial charge in [0.05, 0.1) is 17.3 Å². The van der Waals surface area contributed by atoms with Crippen LogP contribution in [0.4, 0.5) is 5.82 Å². The highest BCUT2D eigenvalue weighted by molar-refractivity contribution is 6.30. The van der Waals surface area contributed by atoms with Gasteiger partial charge in [-0.3, -0.25) is 9.59 Å². The first-order chi connectivity index (χ1) is 14.0. The van der Waals surface area contributed by atoms with Gasteiger partial charge in [-0.15, -0.1) is 0 Å². The molecule has 0 bridgehead atoms. The summed E-state index contributed by atoms with van der Waals surface area (Å²) in [5.41, 5.74) is 2.79. The van der Waals surface area contributed by atoms with Crippen LogP contribution in [0.15, 0.2) is 59.0 Å². The Morgan fingerprint density at radius 2 is 1.97 bits per heavy atom. The number of nitrogens with one attached hydrogen (secondary N) is 1. The summed E-state index contributed by atoms with van der Waals surface area (Å²) in [5.74, 6) is -0.357. The van der Waals surface area contributed by atoms with E-state index in [4.69, 9.17) is 16.0 Å². The molecule has 1 aliphatic rings. The largest absolute Gasteiger partial charge is 0.453 e. The molecule has 6 nitrogen and oxygen atoms in total. The van der Waals surface area contributed by atoms with Gasteiger partial charge in [0.15, 0.2) is 5.76 Å². The first-order valence-electron chi connectivity index (χ1n) is 9.19. The molecule has 0 fully saturated rings. The Bertz CT molecular complexity index is 1240. The molecule has 1 aliphatic heterocycles. The van der Waals surface area contributed by atoms with E-state index in [1.807, 2.05) is 43.3 Å². The molecular weight excluding hydrogens is 390 g/mol. The van der Waals surface area contributed by atoms with E-state index >= 15 is 0 Å². The third-order valence-electron chi connectivity index (χ3n) is 5.16. The zero-order chi connectivity index (χ0) is 20.1. The van der Waals surface area contributed by atoms with Gasteiger partial charge in [-0.1, -0.05) is 29.8 Å². The summed E-state index contributed by atoms with van der Waals surface area (Å²) in [7, 11) is 0. The second-order valence-corrected chi connectivity index (χ2v) is 7.49. The molecule has 0 saturated heterocycles. The highest BCUT2D eigenvalue weighted by atomic mass is 35.5. The minimum absolute atomic E-state index is 0.0516. The predicted octanol–water partition coefficient (Wildman–Crippen LogP) is 4.89. The van der Waals surface area contributed by atoms with Crippen molar-refractivity contribution in [2.45, 2.75) is 19.3 Å². The van der Waals surface area contributed by atoms with Crippen LogP contribution in [-0.4, -0.2) is 21.5 Å². The van der Waals surface area contributed by atoms with Crippen molar-refractivity contribution in [1.29, 1.82) is 0 Å². The van der Waals surface area contributed by atoms with Gasteiger partial charge < -0.3 is 9.73 Å². The molecule has 0 saturated carbocycles. The summed E-state index contributed by atoms with van der Waals surface area (Å²) in [6.45, 7) is 1.83. The van der Waals surface area contributed by atoms with E-state index in [1.54, 1.807) is 22.9 Å². The third-order valence-corrected chi connectivity index (χ3v) is 5.41. The lowest BCUT2D eigenvalue weighted by molar-refractivity contribution is -0.116. The maximum atomic E-state index is 13.3. The lowest BCUT2D eigenvalue weighted by atomic mass is 9.87. The zero-order valence-corrected chi connectivity index (χ0v) is 16.2. The van der Waals surface area contributed by atoms with E-state index in [1.165, 1.54) is 0 Å². The minimum atomic E-state index is -0.652. The Morgan fingerprint density at radius 3 is 2.72 bits per heavy atom. The van der Waals surface area contributed by atoms with Crippen molar-refractivity contribution >= 4 is 40.1 Å². The molecule has 2 aromatic carbocycles. The normalized spacial score (nSPS) is 15.9. The fraction of sp³-hybridized carbons (Fsp3) is 0.136. The Balaban J connectivity index is 1.61. The maximum Gasteiger partial charge on any atom is 0.226 e. The summed E-state index contributed by atoms with van der Waals surface area (Å²) in [5, 5.41) is 8.90. The number of carbonyl (C=O) groups excluding carboxylic acids is 2. The average Bonchev–Trinajstić information content (AvgIpc) is 3.29. The molecule has 0 spiro atoms. The molecule has 4 aromatic rings. The van der Waals surface area contributed by atoms with Gasteiger partial charge in [0.1, 0.15) is 11.4 Å². The summed E-state index contributed by atoms with van der Waals surface area (Å²) in [6.07, 6.45) is 0.0516. The van der Waals surface area contributed by atoms with Crippen LogP contribution in [-0.2, 0) is 4.79 Å².